The van der Waals surface area contributed by atoms with Gasteiger partial charge in [-0.25, -0.2) is 4.39 Å². The van der Waals surface area contributed by atoms with E-state index in [0.29, 0.717) is 6.04 Å². The maximum atomic E-state index is 12.9. The smallest absolute Gasteiger partial charge is 0.123 e. The van der Waals surface area contributed by atoms with Crippen LogP contribution in [0, 0.1) is 5.82 Å². The van der Waals surface area contributed by atoms with Crippen LogP contribution in [0.2, 0.25) is 0 Å². The predicted molar refractivity (Wildman–Crippen MR) is 65.4 cm³/mol. The van der Waals surface area contributed by atoms with Crippen LogP contribution in [0.1, 0.15) is 18.0 Å². The SMILES string of the molecule is CNC(CC1COCCN1)c1ccc(F)cc1. The van der Waals surface area contributed by atoms with E-state index < -0.39 is 0 Å². The molecule has 0 bridgehead atoms. The zero-order chi connectivity index (χ0) is 12.1. The molecule has 1 aromatic rings. The normalized spacial score (nSPS) is 22.4. The number of hydrogen-bond donors (Lipinski definition) is 2. The number of benzene rings is 1. The molecule has 0 aromatic heterocycles. The molecule has 0 amide bonds. The van der Waals surface area contributed by atoms with Gasteiger partial charge in [0.2, 0.25) is 0 Å². The third-order valence-corrected chi connectivity index (χ3v) is 3.14. The van der Waals surface area contributed by atoms with Gasteiger partial charge < -0.3 is 15.4 Å². The van der Waals surface area contributed by atoms with Crippen molar-refractivity contribution < 1.29 is 9.13 Å². The van der Waals surface area contributed by atoms with E-state index in [-0.39, 0.29) is 11.9 Å². The largest absolute Gasteiger partial charge is 0.379 e. The average Bonchev–Trinajstić information content (AvgIpc) is 2.38. The molecular formula is C13H19FN2O. The number of hydrogen-bond acceptors (Lipinski definition) is 3. The van der Waals surface area contributed by atoms with E-state index in [9.17, 15) is 4.39 Å². The Morgan fingerprint density at radius 1 is 1.47 bits per heavy atom. The summed E-state index contributed by atoms with van der Waals surface area (Å²) in [5, 5.41) is 6.69. The lowest BCUT2D eigenvalue weighted by Gasteiger charge is -2.28. The third-order valence-electron chi connectivity index (χ3n) is 3.14. The van der Waals surface area contributed by atoms with E-state index in [0.717, 1.165) is 31.7 Å². The minimum Gasteiger partial charge on any atom is -0.379 e. The van der Waals surface area contributed by atoms with Crippen molar-refractivity contribution in [3.63, 3.8) is 0 Å². The van der Waals surface area contributed by atoms with Crippen molar-refractivity contribution in [3.05, 3.63) is 35.6 Å². The lowest BCUT2D eigenvalue weighted by atomic mass is 9.99. The van der Waals surface area contributed by atoms with Gasteiger partial charge in [0.05, 0.1) is 13.2 Å². The van der Waals surface area contributed by atoms with Crippen molar-refractivity contribution in [2.45, 2.75) is 18.5 Å². The van der Waals surface area contributed by atoms with Gasteiger partial charge in [-0.3, -0.25) is 0 Å². The summed E-state index contributed by atoms with van der Waals surface area (Å²) < 4.78 is 18.3. The van der Waals surface area contributed by atoms with Gasteiger partial charge in [-0.1, -0.05) is 12.1 Å². The Kier molecular flexibility index (Phi) is 4.48. The number of morpholine rings is 1. The molecule has 1 saturated heterocycles. The van der Waals surface area contributed by atoms with Gasteiger partial charge in [-0.05, 0) is 31.2 Å². The lowest BCUT2D eigenvalue weighted by molar-refractivity contribution is 0.0708. The van der Waals surface area contributed by atoms with Crippen molar-refractivity contribution in [2.75, 3.05) is 26.8 Å². The topological polar surface area (TPSA) is 33.3 Å². The van der Waals surface area contributed by atoms with Gasteiger partial charge >= 0.3 is 0 Å². The standard InChI is InChI=1S/C13H19FN2O/c1-15-13(8-12-9-17-7-6-16-12)10-2-4-11(14)5-3-10/h2-5,12-13,15-16H,6-9H2,1H3. The summed E-state index contributed by atoms with van der Waals surface area (Å²) in [7, 11) is 1.93. The van der Waals surface area contributed by atoms with E-state index in [1.807, 2.05) is 19.2 Å². The van der Waals surface area contributed by atoms with Gasteiger partial charge in [0.1, 0.15) is 5.82 Å². The van der Waals surface area contributed by atoms with Crippen LogP contribution >= 0.6 is 0 Å². The first-order chi connectivity index (χ1) is 8.29. The van der Waals surface area contributed by atoms with Crippen molar-refractivity contribution in [2.24, 2.45) is 0 Å². The van der Waals surface area contributed by atoms with Crippen LogP contribution in [0.3, 0.4) is 0 Å². The fraction of sp³-hybridized carbons (Fsp3) is 0.538. The highest BCUT2D eigenvalue weighted by Crippen LogP contribution is 2.19. The van der Waals surface area contributed by atoms with Gasteiger partial charge in [0.25, 0.3) is 0 Å². The van der Waals surface area contributed by atoms with E-state index in [2.05, 4.69) is 10.6 Å². The molecular weight excluding hydrogens is 219 g/mol. The van der Waals surface area contributed by atoms with Crippen molar-refractivity contribution in [1.29, 1.82) is 0 Å². The molecule has 3 nitrogen and oxygen atoms in total. The highest BCUT2D eigenvalue weighted by Gasteiger charge is 2.18. The second-order valence-corrected chi connectivity index (χ2v) is 4.35. The quantitative estimate of drug-likeness (QED) is 0.833. The Labute approximate surface area is 101 Å². The van der Waals surface area contributed by atoms with Crippen molar-refractivity contribution in [3.8, 4) is 0 Å². The lowest BCUT2D eigenvalue weighted by Crippen LogP contribution is -2.43. The summed E-state index contributed by atoms with van der Waals surface area (Å²) >= 11 is 0. The molecule has 0 spiro atoms. The first-order valence-corrected chi connectivity index (χ1v) is 6.03. The van der Waals surface area contributed by atoms with E-state index in [1.54, 1.807) is 0 Å². The Bertz CT molecular complexity index is 336. The number of halogens is 1. The Morgan fingerprint density at radius 3 is 2.82 bits per heavy atom. The molecule has 1 heterocycles. The molecule has 0 saturated carbocycles. The summed E-state index contributed by atoms with van der Waals surface area (Å²) in [4.78, 5) is 0. The monoisotopic (exact) mass is 238 g/mol. The molecule has 4 heteroatoms. The van der Waals surface area contributed by atoms with E-state index in [1.165, 1.54) is 12.1 Å². The molecule has 94 valence electrons. The second-order valence-electron chi connectivity index (χ2n) is 4.35. The number of rotatable bonds is 4. The van der Waals surface area contributed by atoms with E-state index >= 15 is 0 Å². The summed E-state index contributed by atoms with van der Waals surface area (Å²) in [6.07, 6.45) is 0.947. The zero-order valence-electron chi connectivity index (χ0n) is 10.1. The van der Waals surface area contributed by atoms with Gasteiger partial charge in [0.15, 0.2) is 0 Å². The molecule has 2 atom stereocenters. The van der Waals surface area contributed by atoms with Crippen LogP contribution in [0.5, 0.6) is 0 Å². The van der Waals surface area contributed by atoms with Crippen LogP contribution in [0.15, 0.2) is 24.3 Å². The predicted octanol–water partition coefficient (Wildman–Crippen LogP) is 1.46. The molecule has 1 fully saturated rings. The molecule has 0 radical (unpaired) electrons. The van der Waals surface area contributed by atoms with Crippen molar-refractivity contribution in [1.82, 2.24) is 10.6 Å². The van der Waals surface area contributed by atoms with E-state index in [4.69, 9.17) is 4.74 Å². The number of nitrogens with one attached hydrogen (secondary N) is 2. The summed E-state index contributed by atoms with van der Waals surface area (Å²) in [5.74, 6) is -0.192. The Morgan fingerprint density at radius 2 is 2.24 bits per heavy atom. The Balaban J connectivity index is 1.97. The molecule has 0 aliphatic carbocycles. The maximum absolute atomic E-state index is 12.9. The summed E-state index contributed by atoms with van der Waals surface area (Å²) in [6.45, 7) is 2.45. The molecule has 2 unspecified atom stereocenters. The fourth-order valence-corrected chi connectivity index (χ4v) is 2.17. The molecule has 17 heavy (non-hydrogen) atoms. The van der Waals surface area contributed by atoms with Gasteiger partial charge in [0, 0.05) is 18.6 Å². The molecule has 1 aromatic carbocycles. The minimum atomic E-state index is -0.192. The van der Waals surface area contributed by atoms with Crippen LogP contribution in [0.25, 0.3) is 0 Å². The zero-order valence-corrected chi connectivity index (χ0v) is 10.1. The Hall–Kier alpha value is -0.970. The van der Waals surface area contributed by atoms with Crippen LogP contribution in [-0.2, 0) is 4.74 Å². The first kappa shape index (κ1) is 12.5. The fourth-order valence-electron chi connectivity index (χ4n) is 2.17. The maximum Gasteiger partial charge on any atom is 0.123 e. The summed E-state index contributed by atoms with van der Waals surface area (Å²) in [5.41, 5.74) is 1.11. The minimum absolute atomic E-state index is 0.192. The van der Waals surface area contributed by atoms with Crippen LogP contribution < -0.4 is 10.6 Å². The first-order valence-electron chi connectivity index (χ1n) is 6.03. The van der Waals surface area contributed by atoms with Gasteiger partial charge in [-0.15, -0.1) is 0 Å². The molecule has 1 aliphatic rings. The second kappa shape index (κ2) is 6.10. The molecule has 2 N–H and O–H groups in total. The van der Waals surface area contributed by atoms with Crippen molar-refractivity contribution >= 4 is 0 Å². The molecule has 1 aliphatic heterocycles. The van der Waals surface area contributed by atoms with Crippen LogP contribution in [0.4, 0.5) is 4.39 Å². The average molecular weight is 238 g/mol. The molecule has 2 rings (SSSR count). The third kappa shape index (κ3) is 3.49. The summed E-state index contributed by atoms with van der Waals surface area (Å²) in [6, 6.07) is 7.27. The van der Waals surface area contributed by atoms with Gasteiger partial charge in [-0.2, -0.15) is 0 Å². The number of ether oxygens (including phenoxy) is 1. The highest BCUT2D eigenvalue weighted by molar-refractivity contribution is 5.20. The van der Waals surface area contributed by atoms with Crippen LogP contribution in [-0.4, -0.2) is 32.8 Å². The highest BCUT2D eigenvalue weighted by atomic mass is 19.1.